The second-order valence-corrected chi connectivity index (χ2v) is 4.19. The average Bonchev–Trinajstić information content (AvgIpc) is 2.32. The molecule has 0 spiro atoms. The van der Waals surface area contributed by atoms with Gasteiger partial charge in [-0.3, -0.25) is 4.79 Å². The topological polar surface area (TPSA) is 38.3 Å². The number of carbonyl (C=O) groups is 1. The molecule has 0 fully saturated rings. The van der Waals surface area contributed by atoms with Crippen LogP contribution in [0.3, 0.4) is 0 Å². The smallest absolute Gasteiger partial charge is 0.221 e. The highest BCUT2D eigenvalue weighted by Gasteiger charge is 2.12. The number of para-hydroxylation sites is 2. The van der Waals surface area contributed by atoms with Crippen LogP contribution in [0.15, 0.2) is 36.4 Å². The predicted octanol–water partition coefficient (Wildman–Crippen LogP) is 3.13. The van der Waals surface area contributed by atoms with Gasteiger partial charge >= 0.3 is 0 Å². The van der Waals surface area contributed by atoms with Gasteiger partial charge in [0, 0.05) is 6.92 Å². The Morgan fingerprint density at radius 1 is 1.41 bits per heavy atom. The van der Waals surface area contributed by atoms with Crippen LogP contribution in [-0.4, -0.2) is 12.0 Å². The standard InChI is InChI=1S/C14H17NO2/c1-11(16)15-13-9-5-6-10-14(13)17-12-7-3-2-4-8-12/h3,5-7,9-10,12H,2,4,8H2,1H3,(H,15,16)/t12-/m1/s1. The van der Waals surface area contributed by atoms with Crippen molar-refractivity contribution in [2.75, 3.05) is 5.32 Å². The van der Waals surface area contributed by atoms with E-state index in [2.05, 4.69) is 17.5 Å². The molecule has 0 saturated heterocycles. The maximum Gasteiger partial charge on any atom is 0.221 e. The van der Waals surface area contributed by atoms with E-state index >= 15 is 0 Å². The Bertz CT molecular complexity index is 426. The Labute approximate surface area is 101 Å². The molecule has 1 aromatic carbocycles. The highest BCUT2D eigenvalue weighted by Crippen LogP contribution is 2.27. The first kappa shape index (κ1) is 11.7. The van der Waals surface area contributed by atoms with Gasteiger partial charge in [-0.2, -0.15) is 0 Å². The van der Waals surface area contributed by atoms with Gasteiger partial charge in [-0.1, -0.05) is 18.2 Å². The third-order valence-electron chi connectivity index (χ3n) is 2.69. The van der Waals surface area contributed by atoms with E-state index in [1.807, 2.05) is 24.3 Å². The molecular formula is C14H17NO2. The summed E-state index contributed by atoms with van der Waals surface area (Å²) in [5, 5.41) is 2.77. The summed E-state index contributed by atoms with van der Waals surface area (Å²) in [4.78, 5) is 11.1. The molecule has 0 radical (unpaired) electrons. The lowest BCUT2D eigenvalue weighted by atomic mass is 10.1. The van der Waals surface area contributed by atoms with Crippen molar-refractivity contribution in [3.05, 3.63) is 36.4 Å². The van der Waals surface area contributed by atoms with Crippen molar-refractivity contribution in [3.8, 4) is 5.75 Å². The molecule has 1 aromatic rings. The second-order valence-electron chi connectivity index (χ2n) is 4.19. The fourth-order valence-corrected chi connectivity index (χ4v) is 1.90. The van der Waals surface area contributed by atoms with Crippen molar-refractivity contribution < 1.29 is 9.53 Å². The van der Waals surface area contributed by atoms with Gasteiger partial charge in [0.25, 0.3) is 0 Å². The Morgan fingerprint density at radius 3 is 2.94 bits per heavy atom. The number of rotatable bonds is 3. The molecule has 1 aliphatic carbocycles. The Kier molecular flexibility index (Phi) is 3.81. The maximum absolute atomic E-state index is 11.1. The normalized spacial score (nSPS) is 18.8. The molecule has 0 heterocycles. The molecule has 3 nitrogen and oxygen atoms in total. The fourth-order valence-electron chi connectivity index (χ4n) is 1.90. The zero-order valence-electron chi connectivity index (χ0n) is 9.98. The maximum atomic E-state index is 11.1. The van der Waals surface area contributed by atoms with Crippen molar-refractivity contribution in [3.63, 3.8) is 0 Å². The number of hydrogen-bond donors (Lipinski definition) is 1. The Balaban J connectivity index is 2.11. The highest BCUT2D eigenvalue weighted by molar-refractivity contribution is 5.90. The van der Waals surface area contributed by atoms with Gasteiger partial charge in [0.1, 0.15) is 11.9 Å². The molecular weight excluding hydrogens is 214 g/mol. The zero-order valence-corrected chi connectivity index (χ0v) is 9.98. The van der Waals surface area contributed by atoms with Gasteiger partial charge in [0.15, 0.2) is 0 Å². The number of anilines is 1. The van der Waals surface area contributed by atoms with Crippen LogP contribution >= 0.6 is 0 Å². The van der Waals surface area contributed by atoms with Gasteiger partial charge < -0.3 is 10.1 Å². The lowest BCUT2D eigenvalue weighted by molar-refractivity contribution is -0.114. The predicted molar refractivity (Wildman–Crippen MR) is 68.2 cm³/mol. The van der Waals surface area contributed by atoms with Crippen LogP contribution in [0.5, 0.6) is 5.75 Å². The summed E-state index contributed by atoms with van der Waals surface area (Å²) in [5.74, 6) is 0.652. The lowest BCUT2D eigenvalue weighted by Crippen LogP contribution is -2.17. The largest absolute Gasteiger partial charge is 0.484 e. The summed E-state index contributed by atoms with van der Waals surface area (Å²) in [6.45, 7) is 1.50. The molecule has 1 amide bonds. The molecule has 2 rings (SSSR count). The van der Waals surface area contributed by atoms with Crippen LogP contribution in [0.25, 0.3) is 0 Å². The first-order chi connectivity index (χ1) is 8.25. The number of nitrogens with one attached hydrogen (secondary N) is 1. The minimum absolute atomic E-state index is 0.0831. The third-order valence-corrected chi connectivity index (χ3v) is 2.69. The van der Waals surface area contributed by atoms with Crippen molar-refractivity contribution in [2.45, 2.75) is 32.3 Å². The van der Waals surface area contributed by atoms with Gasteiger partial charge in [-0.05, 0) is 37.5 Å². The van der Waals surface area contributed by atoms with Crippen LogP contribution in [0.4, 0.5) is 5.69 Å². The lowest BCUT2D eigenvalue weighted by Gasteiger charge is -2.20. The Morgan fingerprint density at radius 2 is 2.24 bits per heavy atom. The van der Waals surface area contributed by atoms with E-state index in [1.54, 1.807) is 0 Å². The summed E-state index contributed by atoms with van der Waals surface area (Å²) in [6, 6.07) is 7.53. The van der Waals surface area contributed by atoms with Crippen LogP contribution in [0, 0.1) is 0 Å². The summed E-state index contributed by atoms with van der Waals surface area (Å²) in [5.41, 5.74) is 0.735. The molecule has 1 aliphatic rings. The zero-order chi connectivity index (χ0) is 12.1. The summed E-state index contributed by atoms with van der Waals surface area (Å²) in [7, 11) is 0. The molecule has 0 unspecified atom stereocenters. The van der Waals surface area contributed by atoms with Gasteiger partial charge in [0.2, 0.25) is 5.91 Å². The van der Waals surface area contributed by atoms with Crippen molar-refractivity contribution in [1.29, 1.82) is 0 Å². The van der Waals surface area contributed by atoms with Crippen LogP contribution in [0.2, 0.25) is 0 Å². The second kappa shape index (κ2) is 5.53. The van der Waals surface area contributed by atoms with E-state index < -0.39 is 0 Å². The average molecular weight is 231 g/mol. The number of allylic oxidation sites excluding steroid dienone is 1. The molecule has 0 aromatic heterocycles. The first-order valence-corrected chi connectivity index (χ1v) is 5.95. The van der Waals surface area contributed by atoms with E-state index in [0.29, 0.717) is 0 Å². The van der Waals surface area contributed by atoms with Crippen molar-refractivity contribution in [1.82, 2.24) is 0 Å². The van der Waals surface area contributed by atoms with E-state index in [-0.39, 0.29) is 12.0 Å². The van der Waals surface area contributed by atoms with E-state index in [1.165, 1.54) is 6.92 Å². The summed E-state index contributed by atoms with van der Waals surface area (Å²) < 4.78 is 5.89. The third kappa shape index (κ3) is 3.34. The van der Waals surface area contributed by atoms with Crippen LogP contribution in [-0.2, 0) is 4.79 Å². The van der Waals surface area contributed by atoms with Gasteiger partial charge in [-0.15, -0.1) is 0 Å². The molecule has 1 atom stereocenters. The highest BCUT2D eigenvalue weighted by atomic mass is 16.5. The molecule has 0 bridgehead atoms. The Hall–Kier alpha value is -1.77. The number of carbonyl (C=O) groups excluding carboxylic acids is 1. The van der Waals surface area contributed by atoms with Crippen LogP contribution < -0.4 is 10.1 Å². The number of ether oxygens (including phenoxy) is 1. The van der Waals surface area contributed by atoms with Crippen LogP contribution in [0.1, 0.15) is 26.2 Å². The number of hydrogen-bond acceptors (Lipinski definition) is 2. The molecule has 90 valence electrons. The van der Waals surface area contributed by atoms with Crippen molar-refractivity contribution in [2.24, 2.45) is 0 Å². The van der Waals surface area contributed by atoms with E-state index in [9.17, 15) is 4.79 Å². The molecule has 0 aliphatic heterocycles. The van der Waals surface area contributed by atoms with Gasteiger partial charge in [0.05, 0.1) is 5.69 Å². The molecule has 1 N–H and O–H groups in total. The summed E-state index contributed by atoms with van der Waals surface area (Å²) >= 11 is 0. The minimum Gasteiger partial charge on any atom is -0.484 e. The monoisotopic (exact) mass is 231 g/mol. The first-order valence-electron chi connectivity index (χ1n) is 5.95. The molecule has 3 heteroatoms. The molecule has 0 saturated carbocycles. The van der Waals surface area contributed by atoms with E-state index in [0.717, 1.165) is 30.7 Å². The minimum atomic E-state index is -0.0831. The quantitative estimate of drug-likeness (QED) is 0.812. The summed E-state index contributed by atoms with van der Waals surface area (Å²) in [6.07, 6.45) is 7.68. The molecule has 17 heavy (non-hydrogen) atoms. The van der Waals surface area contributed by atoms with Gasteiger partial charge in [-0.25, -0.2) is 0 Å². The SMILES string of the molecule is CC(=O)Nc1ccccc1O[C@@H]1C=CCCC1. The number of benzene rings is 1. The number of amides is 1. The van der Waals surface area contributed by atoms with Crippen molar-refractivity contribution >= 4 is 11.6 Å². The van der Waals surface area contributed by atoms with E-state index in [4.69, 9.17) is 4.74 Å². The fraction of sp³-hybridized carbons (Fsp3) is 0.357.